The molecule has 0 aromatic rings. The number of hydrogen-bond donors (Lipinski definition) is 1. The van der Waals surface area contributed by atoms with E-state index in [1.165, 1.54) is 0 Å². The van der Waals surface area contributed by atoms with E-state index in [0.29, 0.717) is 6.10 Å². The van der Waals surface area contributed by atoms with Crippen LogP contribution in [0.3, 0.4) is 0 Å². The van der Waals surface area contributed by atoms with Crippen molar-refractivity contribution >= 4 is 16.9 Å². The van der Waals surface area contributed by atoms with Gasteiger partial charge in [-0.2, -0.15) is 0 Å². The molecule has 1 saturated heterocycles. The summed E-state index contributed by atoms with van der Waals surface area (Å²) in [5, 5.41) is 4.53. The minimum atomic E-state index is 0.213. The van der Waals surface area contributed by atoms with Crippen molar-refractivity contribution in [2.45, 2.75) is 52.2 Å². The minimum Gasteiger partial charge on any atom is -0.379 e. The van der Waals surface area contributed by atoms with Crippen LogP contribution in [-0.2, 0) is 4.74 Å². The van der Waals surface area contributed by atoms with E-state index in [-0.39, 0.29) is 5.54 Å². The molecular weight excluding hydrogens is 220 g/mol. The number of hydrogen-bond acceptors (Lipinski definition) is 3. The molecule has 0 atom stereocenters. The van der Waals surface area contributed by atoms with Gasteiger partial charge in [-0.15, -0.1) is 0 Å². The molecule has 0 aliphatic carbocycles. The van der Waals surface area contributed by atoms with Crippen LogP contribution in [0.25, 0.3) is 0 Å². The van der Waals surface area contributed by atoms with Crippen molar-refractivity contribution < 1.29 is 4.74 Å². The first kappa shape index (κ1) is 13.8. The molecule has 3 nitrogen and oxygen atoms in total. The van der Waals surface area contributed by atoms with Crippen LogP contribution in [0.5, 0.6) is 0 Å². The topological polar surface area (TPSA) is 33.6 Å². The van der Waals surface area contributed by atoms with E-state index in [0.717, 1.165) is 36.9 Å². The average molecular weight is 244 g/mol. The van der Waals surface area contributed by atoms with E-state index in [9.17, 15) is 0 Å². The van der Waals surface area contributed by atoms with Crippen LogP contribution in [0, 0.1) is 0 Å². The number of aliphatic imine (C=N–C) groups is 1. The fourth-order valence-electron chi connectivity index (χ4n) is 1.41. The van der Waals surface area contributed by atoms with Crippen LogP contribution in [0.1, 0.15) is 40.5 Å². The summed E-state index contributed by atoms with van der Waals surface area (Å²) in [5.74, 6) is 1.11. The van der Waals surface area contributed by atoms with E-state index >= 15 is 0 Å². The molecular formula is C12H24N2OS. The minimum absolute atomic E-state index is 0.213. The van der Waals surface area contributed by atoms with Gasteiger partial charge in [0, 0.05) is 24.4 Å². The standard InChI is InChI=1S/C12H24N2OS/c1-10(2)15-8-6-5-7-13-11-14-12(3,4)9-16-11/h10H,5-9H2,1-4H3,(H,13,14). The Morgan fingerprint density at radius 2 is 2.19 bits per heavy atom. The number of nitrogens with one attached hydrogen (secondary N) is 1. The van der Waals surface area contributed by atoms with Gasteiger partial charge in [-0.05, 0) is 40.5 Å². The van der Waals surface area contributed by atoms with Gasteiger partial charge in [0.2, 0.25) is 0 Å². The first-order valence-electron chi connectivity index (χ1n) is 6.07. The van der Waals surface area contributed by atoms with Crippen LogP contribution in [0.15, 0.2) is 4.99 Å². The SMILES string of the molecule is CC(C)OCCCCN=C1NC(C)(C)CS1. The summed E-state index contributed by atoms with van der Waals surface area (Å²) in [6.07, 6.45) is 2.56. The molecule has 94 valence electrons. The van der Waals surface area contributed by atoms with Gasteiger partial charge in [0.25, 0.3) is 0 Å². The molecule has 1 fully saturated rings. The van der Waals surface area contributed by atoms with Crippen molar-refractivity contribution in [2.24, 2.45) is 4.99 Å². The third-order valence-corrected chi connectivity index (χ3v) is 3.64. The summed E-state index contributed by atoms with van der Waals surface area (Å²) in [5.41, 5.74) is 0.213. The number of rotatable bonds is 6. The summed E-state index contributed by atoms with van der Waals surface area (Å²) in [6, 6.07) is 0. The molecule has 0 spiro atoms. The first-order valence-corrected chi connectivity index (χ1v) is 7.05. The summed E-state index contributed by atoms with van der Waals surface area (Å²) in [7, 11) is 0. The second kappa shape index (κ2) is 6.50. The lowest BCUT2D eigenvalue weighted by Crippen LogP contribution is -2.36. The zero-order valence-corrected chi connectivity index (χ0v) is 11.7. The molecule has 16 heavy (non-hydrogen) atoms. The van der Waals surface area contributed by atoms with Crippen molar-refractivity contribution in [3.8, 4) is 0 Å². The molecule has 0 unspecified atom stereocenters. The highest BCUT2D eigenvalue weighted by Crippen LogP contribution is 2.21. The molecule has 4 heteroatoms. The largest absolute Gasteiger partial charge is 0.379 e. The Bertz CT molecular complexity index is 239. The van der Waals surface area contributed by atoms with Gasteiger partial charge >= 0.3 is 0 Å². The molecule has 1 heterocycles. The van der Waals surface area contributed by atoms with Crippen molar-refractivity contribution in [3.05, 3.63) is 0 Å². The van der Waals surface area contributed by atoms with Gasteiger partial charge in [0.1, 0.15) is 0 Å². The number of ether oxygens (including phenoxy) is 1. The lowest BCUT2D eigenvalue weighted by Gasteiger charge is -2.15. The van der Waals surface area contributed by atoms with E-state index in [2.05, 4.69) is 38.0 Å². The molecule has 1 aliphatic rings. The highest BCUT2D eigenvalue weighted by atomic mass is 32.2. The van der Waals surface area contributed by atoms with E-state index < -0.39 is 0 Å². The van der Waals surface area contributed by atoms with E-state index in [1.54, 1.807) is 0 Å². The monoisotopic (exact) mass is 244 g/mol. The van der Waals surface area contributed by atoms with Gasteiger partial charge in [-0.25, -0.2) is 0 Å². The zero-order valence-electron chi connectivity index (χ0n) is 10.9. The number of amidine groups is 1. The highest BCUT2D eigenvalue weighted by molar-refractivity contribution is 8.14. The molecule has 1 rings (SSSR count). The Hall–Kier alpha value is -0.220. The van der Waals surface area contributed by atoms with Crippen LogP contribution in [0.4, 0.5) is 0 Å². The molecule has 1 N–H and O–H groups in total. The summed E-state index contributed by atoms with van der Waals surface area (Å²) < 4.78 is 5.48. The molecule has 0 radical (unpaired) electrons. The van der Waals surface area contributed by atoms with Gasteiger partial charge < -0.3 is 10.1 Å². The lowest BCUT2D eigenvalue weighted by molar-refractivity contribution is 0.0764. The van der Waals surface area contributed by atoms with E-state index in [1.807, 2.05) is 11.8 Å². The molecule has 0 bridgehead atoms. The maximum Gasteiger partial charge on any atom is 0.157 e. The predicted molar refractivity (Wildman–Crippen MR) is 72.3 cm³/mol. The maximum absolute atomic E-state index is 5.48. The van der Waals surface area contributed by atoms with Gasteiger partial charge in [0.15, 0.2) is 5.17 Å². The van der Waals surface area contributed by atoms with Gasteiger partial charge in [-0.1, -0.05) is 11.8 Å². The van der Waals surface area contributed by atoms with E-state index in [4.69, 9.17) is 4.74 Å². The number of nitrogens with zero attached hydrogens (tertiary/aromatic N) is 1. The molecule has 1 aliphatic heterocycles. The van der Waals surface area contributed by atoms with Crippen molar-refractivity contribution in [3.63, 3.8) is 0 Å². The quantitative estimate of drug-likeness (QED) is 0.729. The molecule has 0 aromatic carbocycles. The molecule has 0 aromatic heterocycles. The average Bonchev–Trinajstić information content (AvgIpc) is 2.51. The summed E-state index contributed by atoms with van der Waals surface area (Å²) in [6.45, 7) is 10.3. The van der Waals surface area contributed by atoms with Crippen LogP contribution >= 0.6 is 11.8 Å². The maximum atomic E-state index is 5.48. The van der Waals surface area contributed by atoms with Gasteiger partial charge in [0.05, 0.1) is 6.10 Å². The Morgan fingerprint density at radius 1 is 1.44 bits per heavy atom. The Balaban J connectivity index is 2.05. The smallest absolute Gasteiger partial charge is 0.157 e. The Kier molecular flexibility index (Phi) is 5.62. The Morgan fingerprint density at radius 3 is 2.75 bits per heavy atom. The predicted octanol–water partition coefficient (Wildman–Crippen LogP) is 2.66. The molecule has 0 saturated carbocycles. The van der Waals surface area contributed by atoms with Crippen LogP contribution in [0.2, 0.25) is 0 Å². The van der Waals surface area contributed by atoms with Crippen molar-refractivity contribution in [2.75, 3.05) is 18.9 Å². The summed E-state index contributed by atoms with van der Waals surface area (Å²) in [4.78, 5) is 4.55. The molecule has 0 amide bonds. The second-order valence-corrected chi connectivity index (χ2v) is 6.08. The fraction of sp³-hybridized carbons (Fsp3) is 0.917. The second-order valence-electron chi connectivity index (χ2n) is 5.11. The number of unbranched alkanes of at least 4 members (excludes halogenated alkanes) is 1. The number of thioether (sulfide) groups is 1. The summed E-state index contributed by atoms with van der Waals surface area (Å²) >= 11 is 1.83. The Labute approximate surface area is 103 Å². The lowest BCUT2D eigenvalue weighted by atomic mass is 10.1. The van der Waals surface area contributed by atoms with Crippen LogP contribution < -0.4 is 5.32 Å². The van der Waals surface area contributed by atoms with Crippen LogP contribution in [-0.4, -0.2) is 35.7 Å². The highest BCUT2D eigenvalue weighted by Gasteiger charge is 2.26. The normalized spacial score (nSPS) is 21.7. The zero-order chi connectivity index (χ0) is 12.0. The van der Waals surface area contributed by atoms with Gasteiger partial charge in [-0.3, -0.25) is 4.99 Å². The first-order chi connectivity index (χ1) is 7.49. The van der Waals surface area contributed by atoms with Crippen molar-refractivity contribution in [1.29, 1.82) is 0 Å². The van der Waals surface area contributed by atoms with Crippen molar-refractivity contribution in [1.82, 2.24) is 5.32 Å². The fourth-order valence-corrected chi connectivity index (χ4v) is 2.51. The third-order valence-electron chi connectivity index (χ3n) is 2.27. The third kappa shape index (κ3) is 5.75.